The largest absolute Gasteiger partial charge is 0.484 e. The van der Waals surface area contributed by atoms with E-state index in [4.69, 9.17) is 9.47 Å². The molecule has 1 heterocycles. The van der Waals surface area contributed by atoms with E-state index < -0.39 is 0 Å². The van der Waals surface area contributed by atoms with Gasteiger partial charge in [-0.3, -0.25) is 9.59 Å². The van der Waals surface area contributed by atoms with Gasteiger partial charge in [0.05, 0.1) is 13.2 Å². The van der Waals surface area contributed by atoms with Gasteiger partial charge in [-0.15, -0.1) is 0 Å². The van der Waals surface area contributed by atoms with Gasteiger partial charge >= 0.3 is 0 Å². The zero-order chi connectivity index (χ0) is 18.4. The number of hydrogen-bond acceptors (Lipinski definition) is 4. The number of ether oxygens (including phenoxy) is 2. The average molecular weight is 354 g/mol. The molecule has 0 bridgehead atoms. The topological polar surface area (TPSA) is 59.1 Å². The van der Waals surface area contributed by atoms with Crippen molar-refractivity contribution in [2.24, 2.45) is 0 Å². The first-order valence-corrected chi connectivity index (χ1v) is 8.56. The Balaban J connectivity index is 1.56. The molecule has 1 saturated heterocycles. The van der Waals surface area contributed by atoms with Gasteiger partial charge in [-0.05, 0) is 36.4 Å². The number of amides is 2. The Morgan fingerprint density at radius 3 is 2.35 bits per heavy atom. The highest BCUT2D eigenvalue weighted by molar-refractivity contribution is 6.05. The highest BCUT2D eigenvalue weighted by atomic mass is 16.5. The maximum Gasteiger partial charge on any atom is 0.260 e. The highest BCUT2D eigenvalue weighted by Gasteiger charge is 2.17. The summed E-state index contributed by atoms with van der Waals surface area (Å²) in [5.74, 6) is 0.464. The molecular weight excluding hydrogens is 332 g/mol. The van der Waals surface area contributed by atoms with Crippen LogP contribution in [0.4, 0.5) is 5.69 Å². The summed E-state index contributed by atoms with van der Waals surface area (Å²) in [7, 11) is 1.73. The Labute approximate surface area is 152 Å². The smallest absolute Gasteiger partial charge is 0.260 e. The van der Waals surface area contributed by atoms with Crippen molar-refractivity contribution >= 4 is 17.5 Å². The predicted molar refractivity (Wildman–Crippen MR) is 98.5 cm³/mol. The van der Waals surface area contributed by atoms with E-state index in [1.807, 2.05) is 18.2 Å². The Morgan fingerprint density at radius 2 is 1.69 bits per heavy atom. The second kappa shape index (κ2) is 8.49. The molecule has 0 spiro atoms. The molecule has 0 radical (unpaired) electrons. The molecule has 1 aliphatic rings. The van der Waals surface area contributed by atoms with Gasteiger partial charge in [-0.1, -0.05) is 18.2 Å². The summed E-state index contributed by atoms with van der Waals surface area (Å²) in [6.45, 7) is 2.35. The van der Waals surface area contributed by atoms with Crippen LogP contribution < -0.4 is 9.64 Å². The number of rotatable bonds is 5. The summed E-state index contributed by atoms with van der Waals surface area (Å²) in [5.41, 5.74) is 1.39. The van der Waals surface area contributed by atoms with Gasteiger partial charge < -0.3 is 19.3 Å². The molecule has 0 atom stereocenters. The summed E-state index contributed by atoms with van der Waals surface area (Å²) < 4.78 is 10.8. The monoisotopic (exact) mass is 354 g/mol. The average Bonchev–Trinajstić information content (AvgIpc) is 2.72. The number of morpholine rings is 1. The normalized spacial score (nSPS) is 14.0. The van der Waals surface area contributed by atoms with E-state index >= 15 is 0 Å². The third kappa shape index (κ3) is 4.40. The third-order valence-corrected chi connectivity index (χ3v) is 4.28. The van der Waals surface area contributed by atoms with Crippen molar-refractivity contribution in [2.75, 3.05) is 44.9 Å². The number of benzene rings is 2. The molecule has 2 amide bonds. The fraction of sp³-hybridized carbons (Fsp3) is 0.300. The van der Waals surface area contributed by atoms with E-state index in [2.05, 4.69) is 0 Å². The fourth-order valence-electron chi connectivity index (χ4n) is 2.71. The molecule has 0 unspecified atom stereocenters. The molecule has 3 rings (SSSR count). The molecule has 6 nitrogen and oxygen atoms in total. The Bertz CT molecular complexity index is 740. The molecule has 1 aliphatic heterocycles. The lowest BCUT2D eigenvalue weighted by Gasteiger charge is -2.26. The van der Waals surface area contributed by atoms with Crippen LogP contribution in [-0.4, -0.2) is 56.7 Å². The first kappa shape index (κ1) is 17.9. The van der Waals surface area contributed by atoms with E-state index in [9.17, 15) is 9.59 Å². The molecule has 26 heavy (non-hydrogen) atoms. The molecule has 0 saturated carbocycles. The van der Waals surface area contributed by atoms with E-state index in [0.29, 0.717) is 37.6 Å². The number of anilines is 1. The SMILES string of the molecule is CN(C(=O)c1ccccc1)c1ccc(OCC(=O)N2CCOCC2)cc1. The number of carbonyl (C=O) groups is 2. The molecule has 6 heteroatoms. The lowest BCUT2D eigenvalue weighted by molar-refractivity contribution is -0.137. The molecular formula is C20H22N2O4. The van der Waals surface area contributed by atoms with Crippen LogP contribution in [0, 0.1) is 0 Å². The zero-order valence-corrected chi connectivity index (χ0v) is 14.8. The fourth-order valence-corrected chi connectivity index (χ4v) is 2.71. The third-order valence-electron chi connectivity index (χ3n) is 4.28. The first-order valence-electron chi connectivity index (χ1n) is 8.56. The van der Waals surface area contributed by atoms with Gasteiger partial charge in [0.2, 0.25) is 0 Å². The van der Waals surface area contributed by atoms with Crippen molar-refractivity contribution < 1.29 is 19.1 Å². The Kier molecular flexibility index (Phi) is 5.86. The molecule has 136 valence electrons. The maximum absolute atomic E-state index is 12.5. The van der Waals surface area contributed by atoms with Crippen LogP contribution in [0.5, 0.6) is 5.75 Å². The van der Waals surface area contributed by atoms with Gasteiger partial charge in [0.15, 0.2) is 6.61 Å². The van der Waals surface area contributed by atoms with Crippen molar-refractivity contribution in [1.29, 1.82) is 0 Å². The maximum atomic E-state index is 12.5. The van der Waals surface area contributed by atoms with Crippen LogP contribution in [-0.2, 0) is 9.53 Å². The second-order valence-electron chi connectivity index (χ2n) is 6.01. The standard InChI is InChI=1S/C20H22N2O4/c1-21(20(24)16-5-3-2-4-6-16)17-7-9-18(10-8-17)26-15-19(23)22-11-13-25-14-12-22/h2-10H,11-15H2,1H3. The summed E-state index contributed by atoms with van der Waals surface area (Å²) >= 11 is 0. The van der Waals surface area contributed by atoms with Crippen molar-refractivity contribution in [3.63, 3.8) is 0 Å². The second-order valence-corrected chi connectivity index (χ2v) is 6.01. The minimum absolute atomic E-state index is 0.00185. The van der Waals surface area contributed by atoms with E-state index in [1.54, 1.807) is 53.2 Å². The molecule has 1 fully saturated rings. The molecule has 0 N–H and O–H groups in total. The van der Waals surface area contributed by atoms with E-state index in [1.165, 1.54) is 0 Å². The number of carbonyl (C=O) groups excluding carboxylic acids is 2. The summed E-state index contributed by atoms with van der Waals surface area (Å²) in [6.07, 6.45) is 0. The highest BCUT2D eigenvalue weighted by Crippen LogP contribution is 2.20. The van der Waals surface area contributed by atoms with Gasteiger partial charge in [0, 0.05) is 31.4 Å². The van der Waals surface area contributed by atoms with Crippen molar-refractivity contribution in [3.8, 4) is 5.75 Å². The van der Waals surface area contributed by atoms with Gasteiger partial charge in [-0.25, -0.2) is 0 Å². The van der Waals surface area contributed by atoms with Crippen molar-refractivity contribution in [3.05, 3.63) is 60.2 Å². The Morgan fingerprint density at radius 1 is 1.04 bits per heavy atom. The first-order chi connectivity index (χ1) is 12.6. The molecule has 0 aliphatic carbocycles. The van der Waals surface area contributed by atoms with Crippen LogP contribution >= 0.6 is 0 Å². The number of nitrogens with zero attached hydrogens (tertiary/aromatic N) is 2. The van der Waals surface area contributed by atoms with E-state index in [0.717, 1.165) is 5.69 Å². The zero-order valence-electron chi connectivity index (χ0n) is 14.8. The minimum atomic E-state index is -0.0817. The van der Waals surface area contributed by atoms with Gasteiger partial charge in [0.25, 0.3) is 11.8 Å². The van der Waals surface area contributed by atoms with Crippen LogP contribution in [0.15, 0.2) is 54.6 Å². The molecule has 2 aromatic rings. The lowest BCUT2D eigenvalue weighted by Crippen LogP contribution is -2.42. The van der Waals surface area contributed by atoms with Crippen LogP contribution in [0.1, 0.15) is 10.4 Å². The quantitative estimate of drug-likeness (QED) is 0.826. The van der Waals surface area contributed by atoms with Crippen LogP contribution in [0.2, 0.25) is 0 Å². The van der Waals surface area contributed by atoms with Crippen molar-refractivity contribution in [1.82, 2.24) is 4.90 Å². The van der Waals surface area contributed by atoms with Gasteiger partial charge in [0.1, 0.15) is 5.75 Å². The van der Waals surface area contributed by atoms with Crippen LogP contribution in [0.25, 0.3) is 0 Å². The number of hydrogen-bond donors (Lipinski definition) is 0. The molecule has 0 aromatic heterocycles. The molecule has 2 aromatic carbocycles. The summed E-state index contributed by atoms with van der Waals surface area (Å²) in [6, 6.07) is 16.2. The van der Waals surface area contributed by atoms with Crippen LogP contribution in [0.3, 0.4) is 0 Å². The minimum Gasteiger partial charge on any atom is -0.484 e. The predicted octanol–water partition coefficient (Wildman–Crippen LogP) is 2.20. The van der Waals surface area contributed by atoms with Gasteiger partial charge in [-0.2, -0.15) is 0 Å². The van der Waals surface area contributed by atoms with Crippen molar-refractivity contribution in [2.45, 2.75) is 0 Å². The lowest BCUT2D eigenvalue weighted by atomic mass is 10.2. The van der Waals surface area contributed by atoms with E-state index in [-0.39, 0.29) is 18.4 Å². The summed E-state index contributed by atoms with van der Waals surface area (Å²) in [5, 5.41) is 0. The Hall–Kier alpha value is -2.86. The summed E-state index contributed by atoms with van der Waals surface area (Å²) in [4.78, 5) is 27.9.